The molecule has 1 aliphatic rings. The predicted octanol–water partition coefficient (Wildman–Crippen LogP) is 1.37. The van der Waals surface area contributed by atoms with Crippen molar-refractivity contribution in [1.29, 1.82) is 0 Å². The highest BCUT2D eigenvalue weighted by atomic mass is 35.5. The first kappa shape index (κ1) is 15.3. The molecule has 0 N–H and O–H groups in total. The van der Waals surface area contributed by atoms with Crippen LogP contribution in [-0.4, -0.2) is 64.1 Å². The third kappa shape index (κ3) is 3.52. The third-order valence-electron chi connectivity index (χ3n) is 3.79. The zero-order valence-corrected chi connectivity index (χ0v) is 13.1. The van der Waals surface area contributed by atoms with Crippen LogP contribution in [0.2, 0.25) is 0 Å². The molecule has 0 bridgehead atoms. The average Bonchev–Trinajstić information content (AvgIpc) is 2.67. The Morgan fingerprint density at radius 1 is 1.35 bits per heavy atom. The first-order valence-electron chi connectivity index (χ1n) is 7.26. The summed E-state index contributed by atoms with van der Waals surface area (Å²) in [6, 6.07) is 1.91. The summed E-state index contributed by atoms with van der Waals surface area (Å²) in [5.74, 6) is 0.739. The highest BCUT2D eigenvalue weighted by Crippen LogP contribution is 2.11. The molecule has 1 saturated heterocycles. The molecule has 1 amide bonds. The molecule has 20 heavy (non-hydrogen) atoms. The van der Waals surface area contributed by atoms with E-state index in [2.05, 4.69) is 10.00 Å². The Morgan fingerprint density at radius 2 is 2.15 bits per heavy atom. The van der Waals surface area contributed by atoms with E-state index in [-0.39, 0.29) is 5.91 Å². The van der Waals surface area contributed by atoms with Crippen LogP contribution < -0.4 is 0 Å². The first-order chi connectivity index (χ1) is 9.65. The summed E-state index contributed by atoms with van der Waals surface area (Å²) >= 11 is 5.79. The topological polar surface area (TPSA) is 41.4 Å². The van der Waals surface area contributed by atoms with Crippen molar-refractivity contribution in [2.24, 2.45) is 7.05 Å². The maximum absolute atomic E-state index is 12.6. The minimum absolute atomic E-state index is 0.0902. The highest BCUT2D eigenvalue weighted by molar-refractivity contribution is 6.18. The van der Waals surface area contributed by atoms with Crippen LogP contribution >= 0.6 is 11.6 Å². The highest BCUT2D eigenvalue weighted by Gasteiger charge is 2.22. The van der Waals surface area contributed by atoms with Crippen molar-refractivity contribution in [3.63, 3.8) is 0 Å². The summed E-state index contributed by atoms with van der Waals surface area (Å²) in [4.78, 5) is 16.8. The maximum atomic E-state index is 12.6. The number of amides is 1. The van der Waals surface area contributed by atoms with E-state index < -0.39 is 0 Å². The van der Waals surface area contributed by atoms with Crippen molar-refractivity contribution in [2.45, 2.75) is 19.8 Å². The van der Waals surface area contributed by atoms with Crippen molar-refractivity contribution in [2.75, 3.05) is 38.6 Å². The van der Waals surface area contributed by atoms with E-state index >= 15 is 0 Å². The van der Waals surface area contributed by atoms with Gasteiger partial charge in [0.25, 0.3) is 5.91 Å². The lowest BCUT2D eigenvalue weighted by atomic mass is 10.2. The zero-order valence-electron chi connectivity index (χ0n) is 12.3. The average molecular weight is 299 g/mol. The van der Waals surface area contributed by atoms with Gasteiger partial charge in [0.15, 0.2) is 0 Å². The summed E-state index contributed by atoms with van der Waals surface area (Å²) < 4.78 is 1.70. The fourth-order valence-electron chi connectivity index (χ4n) is 2.58. The smallest absolute Gasteiger partial charge is 0.272 e. The predicted molar refractivity (Wildman–Crippen MR) is 80.3 cm³/mol. The van der Waals surface area contributed by atoms with Gasteiger partial charge in [0.05, 0.1) is 5.69 Å². The van der Waals surface area contributed by atoms with Crippen molar-refractivity contribution < 1.29 is 4.79 Å². The minimum atomic E-state index is 0.0902. The first-order valence-corrected chi connectivity index (χ1v) is 7.79. The standard InChI is InChI=1S/C14H23ClN4O/c1-3-12-11-13(17(2)16-12)14(20)19-7-4-6-18(8-5-15)9-10-19/h11H,3-10H2,1-2H3. The van der Waals surface area contributed by atoms with Crippen LogP contribution in [0.15, 0.2) is 6.07 Å². The molecule has 0 aromatic carbocycles. The van der Waals surface area contributed by atoms with Crippen molar-refractivity contribution in [1.82, 2.24) is 19.6 Å². The monoisotopic (exact) mass is 298 g/mol. The van der Waals surface area contributed by atoms with Crippen LogP contribution in [0.4, 0.5) is 0 Å². The molecule has 0 unspecified atom stereocenters. The SMILES string of the molecule is CCc1cc(C(=O)N2CCCN(CCCl)CC2)n(C)n1. The molecule has 0 saturated carbocycles. The van der Waals surface area contributed by atoms with Crippen LogP contribution in [0, 0.1) is 0 Å². The molecular weight excluding hydrogens is 276 g/mol. The number of hydrogen-bond acceptors (Lipinski definition) is 3. The second-order valence-electron chi connectivity index (χ2n) is 5.17. The fourth-order valence-corrected chi connectivity index (χ4v) is 2.82. The van der Waals surface area contributed by atoms with Gasteiger partial charge in [-0.1, -0.05) is 6.92 Å². The number of nitrogens with zero attached hydrogens (tertiary/aromatic N) is 4. The minimum Gasteiger partial charge on any atom is -0.336 e. The van der Waals surface area contributed by atoms with Crippen LogP contribution in [0.1, 0.15) is 29.5 Å². The number of halogens is 1. The molecule has 112 valence electrons. The lowest BCUT2D eigenvalue weighted by Gasteiger charge is -2.21. The zero-order chi connectivity index (χ0) is 14.5. The Hall–Kier alpha value is -1.07. The van der Waals surface area contributed by atoms with E-state index in [1.165, 1.54) is 0 Å². The van der Waals surface area contributed by atoms with Gasteiger partial charge in [-0.3, -0.25) is 9.48 Å². The number of rotatable bonds is 4. The number of aryl methyl sites for hydroxylation is 2. The third-order valence-corrected chi connectivity index (χ3v) is 3.96. The molecule has 1 fully saturated rings. The summed E-state index contributed by atoms with van der Waals surface area (Å²) in [6.07, 6.45) is 1.85. The summed E-state index contributed by atoms with van der Waals surface area (Å²) in [5, 5.41) is 4.35. The van der Waals surface area contributed by atoms with Crippen molar-refractivity contribution >= 4 is 17.5 Å². The molecule has 2 rings (SSSR count). The molecule has 1 aromatic rings. The number of aromatic nitrogens is 2. The van der Waals surface area contributed by atoms with Crippen LogP contribution in [0.5, 0.6) is 0 Å². The summed E-state index contributed by atoms with van der Waals surface area (Å²) in [6.45, 7) is 6.44. The second-order valence-corrected chi connectivity index (χ2v) is 5.55. The quantitative estimate of drug-likeness (QED) is 0.789. The Morgan fingerprint density at radius 3 is 2.80 bits per heavy atom. The van der Waals surface area contributed by atoms with E-state index in [1.807, 2.05) is 24.9 Å². The van der Waals surface area contributed by atoms with Crippen molar-refractivity contribution in [3.05, 3.63) is 17.5 Å². The van der Waals surface area contributed by atoms with Crippen LogP contribution in [0.25, 0.3) is 0 Å². The molecule has 5 nitrogen and oxygen atoms in total. The van der Waals surface area contributed by atoms with Crippen molar-refractivity contribution in [3.8, 4) is 0 Å². The molecule has 1 aliphatic heterocycles. The van der Waals surface area contributed by atoms with Gasteiger partial charge in [0, 0.05) is 39.1 Å². The van der Waals surface area contributed by atoms with Gasteiger partial charge in [0.2, 0.25) is 0 Å². The lowest BCUT2D eigenvalue weighted by molar-refractivity contribution is 0.0751. The molecule has 1 aromatic heterocycles. The van der Waals surface area contributed by atoms with Crippen LogP contribution in [0.3, 0.4) is 0 Å². The summed E-state index contributed by atoms with van der Waals surface area (Å²) in [7, 11) is 1.84. The van der Waals surface area contributed by atoms with Gasteiger partial charge in [-0.25, -0.2) is 0 Å². The fraction of sp³-hybridized carbons (Fsp3) is 0.714. The summed E-state index contributed by atoms with van der Waals surface area (Å²) in [5.41, 5.74) is 1.65. The van der Waals surface area contributed by atoms with Crippen LogP contribution in [-0.2, 0) is 13.5 Å². The number of hydrogen-bond donors (Lipinski definition) is 0. The molecule has 0 radical (unpaired) electrons. The maximum Gasteiger partial charge on any atom is 0.272 e. The Kier molecular flexibility index (Phi) is 5.43. The van der Waals surface area contributed by atoms with Gasteiger partial charge < -0.3 is 9.80 Å². The van der Waals surface area contributed by atoms with Gasteiger partial charge in [-0.2, -0.15) is 5.10 Å². The number of alkyl halides is 1. The van der Waals surface area contributed by atoms with E-state index in [0.717, 1.165) is 51.3 Å². The van der Waals surface area contributed by atoms with E-state index in [0.29, 0.717) is 11.6 Å². The van der Waals surface area contributed by atoms with E-state index in [9.17, 15) is 4.79 Å². The molecule has 2 heterocycles. The molecule has 6 heteroatoms. The van der Waals surface area contributed by atoms with E-state index in [4.69, 9.17) is 11.6 Å². The van der Waals surface area contributed by atoms with Gasteiger partial charge in [0.1, 0.15) is 5.69 Å². The molecule has 0 aliphatic carbocycles. The number of carbonyl (C=O) groups is 1. The van der Waals surface area contributed by atoms with Gasteiger partial charge in [-0.15, -0.1) is 11.6 Å². The van der Waals surface area contributed by atoms with Gasteiger partial charge in [-0.05, 0) is 25.5 Å². The van der Waals surface area contributed by atoms with E-state index in [1.54, 1.807) is 4.68 Å². The molecule has 0 spiro atoms. The largest absolute Gasteiger partial charge is 0.336 e. The number of carbonyl (C=O) groups excluding carboxylic acids is 1. The van der Waals surface area contributed by atoms with Gasteiger partial charge >= 0.3 is 0 Å². The second kappa shape index (κ2) is 7.09. The molecule has 0 atom stereocenters. The normalized spacial score (nSPS) is 17.2. The Balaban J connectivity index is 2.03. The Labute approximate surface area is 125 Å². The lowest BCUT2D eigenvalue weighted by Crippen LogP contribution is -2.36. The Bertz CT molecular complexity index is 460. The molecular formula is C14H23ClN4O.